The van der Waals surface area contributed by atoms with Gasteiger partial charge in [-0.05, 0) is 172 Å². The molecule has 0 amide bonds. The fourth-order valence-electron chi connectivity index (χ4n) is 13.7. The highest BCUT2D eigenvalue weighted by molar-refractivity contribution is 5.94. The lowest BCUT2D eigenvalue weighted by Gasteiger charge is -2.61. The van der Waals surface area contributed by atoms with E-state index in [4.69, 9.17) is 4.74 Å². The third kappa shape index (κ3) is 6.03. The monoisotopic (exact) mass is 862 g/mol. The molecular weight excluding hydrogens is 813 g/mol. The molecular formula is C64H50N2O. The third-order valence-electron chi connectivity index (χ3n) is 16.2. The molecule has 9 aromatic carbocycles. The minimum absolute atomic E-state index is 0.0695. The number of hydrogen-bond acceptors (Lipinski definition) is 3. The number of anilines is 6. The van der Waals surface area contributed by atoms with E-state index >= 15 is 0 Å². The number of benzene rings is 9. The summed E-state index contributed by atoms with van der Waals surface area (Å²) in [7, 11) is 0. The molecule has 6 aliphatic rings. The highest BCUT2D eigenvalue weighted by Crippen LogP contribution is 2.70. The highest BCUT2D eigenvalue weighted by Gasteiger charge is 2.62. The molecule has 67 heavy (non-hydrogen) atoms. The molecule has 0 saturated heterocycles. The Morgan fingerprint density at radius 3 is 1.55 bits per heavy atom. The quantitative estimate of drug-likeness (QED) is 0.159. The van der Waals surface area contributed by atoms with Crippen molar-refractivity contribution in [3.05, 3.63) is 230 Å². The number of ether oxygens (including phenoxy) is 1. The molecule has 0 atom stereocenters. The molecule has 3 nitrogen and oxygen atoms in total. The second-order valence-electron chi connectivity index (χ2n) is 19.7. The first kappa shape index (κ1) is 38.6. The number of para-hydroxylation sites is 1. The van der Waals surface area contributed by atoms with Crippen LogP contribution in [-0.2, 0) is 5.41 Å². The summed E-state index contributed by atoms with van der Waals surface area (Å²) >= 11 is 0. The van der Waals surface area contributed by atoms with Gasteiger partial charge in [-0.1, -0.05) is 152 Å². The van der Waals surface area contributed by atoms with Crippen molar-refractivity contribution in [2.24, 2.45) is 23.7 Å². The van der Waals surface area contributed by atoms with Gasteiger partial charge >= 0.3 is 0 Å². The van der Waals surface area contributed by atoms with Crippen LogP contribution in [0.1, 0.15) is 43.2 Å². The van der Waals surface area contributed by atoms with E-state index in [1.807, 2.05) is 0 Å². The van der Waals surface area contributed by atoms with Crippen LogP contribution < -0.4 is 14.5 Å². The van der Waals surface area contributed by atoms with Crippen LogP contribution in [0.25, 0.3) is 44.5 Å². The van der Waals surface area contributed by atoms with Crippen LogP contribution in [0.5, 0.6) is 11.5 Å². The molecule has 5 aliphatic carbocycles. The summed E-state index contributed by atoms with van der Waals surface area (Å²) in [6.07, 6.45) is 6.91. The Morgan fingerprint density at radius 2 is 0.910 bits per heavy atom. The molecule has 1 aliphatic heterocycles. The summed E-state index contributed by atoms with van der Waals surface area (Å²) in [4.78, 5) is 4.75. The largest absolute Gasteiger partial charge is 0.453 e. The summed E-state index contributed by atoms with van der Waals surface area (Å²) in [5.41, 5.74) is 19.9. The molecule has 15 rings (SSSR count). The van der Waals surface area contributed by atoms with Crippen molar-refractivity contribution in [1.29, 1.82) is 0 Å². The molecule has 0 aromatic heterocycles. The van der Waals surface area contributed by atoms with Crippen LogP contribution in [0, 0.1) is 23.7 Å². The van der Waals surface area contributed by atoms with Gasteiger partial charge in [0.15, 0.2) is 11.5 Å². The van der Waals surface area contributed by atoms with E-state index in [-0.39, 0.29) is 5.41 Å². The minimum Gasteiger partial charge on any atom is -0.453 e. The van der Waals surface area contributed by atoms with E-state index < -0.39 is 0 Å². The third-order valence-corrected chi connectivity index (χ3v) is 16.2. The van der Waals surface area contributed by atoms with Crippen molar-refractivity contribution in [1.82, 2.24) is 0 Å². The zero-order valence-corrected chi connectivity index (χ0v) is 37.4. The lowest BCUT2D eigenvalue weighted by atomic mass is 9.42. The minimum atomic E-state index is 0.0695. The number of hydrogen-bond donors (Lipinski definition) is 0. The summed E-state index contributed by atoms with van der Waals surface area (Å²) in [6, 6.07) is 80.1. The van der Waals surface area contributed by atoms with E-state index in [1.54, 1.807) is 11.1 Å². The lowest BCUT2D eigenvalue weighted by Crippen LogP contribution is -2.55. The lowest BCUT2D eigenvalue weighted by molar-refractivity contribution is -0.0397. The fraction of sp³-hybridized carbons (Fsp3) is 0.156. The van der Waals surface area contributed by atoms with Gasteiger partial charge < -0.3 is 14.5 Å². The maximum Gasteiger partial charge on any atom is 0.153 e. The molecule has 0 radical (unpaired) electrons. The van der Waals surface area contributed by atoms with E-state index in [0.717, 1.165) is 57.5 Å². The van der Waals surface area contributed by atoms with Crippen molar-refractivity contribution in [3.8, 4) is 56.0 Å². The van der Waals surface area contributed by atoms with E-state index in [1.165, 1.54) is 76.6 Å². The Hall–Kier alpha value is -7.62. The van der Waals surface area contributed by atoms with Gasteiger partial charge in [0.25, 0.3) is 0 Å². The van der Waals surface area contributed by atoms with Gasteiger partial charge in [-0.15, -0.1) is 0 Å². The second-order valence-corrected chi connectivity index (χ2v) is 19.7. The molecule has 4 fully saturated rings. The van der Waals surface area contributed by atoms with Gasteiger partial charge in [-0.2, -0.15) is 0 Å². The Kier molecular flexibility index (Phi) is 8.78. The van der Waals surface area contributed by atoms with Crippen LogP contribution in [0.15, 0.2) is 218 Å². The average Bonchev–Trinajstić information content (AvgIpc) is 3.69. The Morgan fingerprint density at radius 1 is 0.388 bits per heavy atom. The maximum atomic E-state index is 7.10. The zero-order valence-electron chi connectivity index (χ0n) is 37.4. The van der Waals surface area contributed by atoms with E-state index in [9.17, 15) is 0 Å². The van der Waals surface area contributed by atoms with Gasteiger partial charge in [0.1, 0.15) is 0 Å². The molecule has 1 spiro atoms. The molecule has 3 heteroatoms. The Balaban J connectivity index is 0.886. The smallest absolute Gasteiger partial charge is 0.153 e. The topological polar surface area (TPSA) is 15.7 Å². The molecule has 0 N–H and O–H groups in total. The Labute approximate surface area is 393 Å². The molecule has 322 valence electrons. The maximum absolute atomic E-state index is 7.10. The molecule has 1 heterocycles. The van der Waals surface area contributed by atoms with Crippen molar-refractivity contribution < 1.29 is 4.74 Å². The van der Waals surface area contributed by atoms with Gasteiger partial charge in [-0.25, -0.2) is 0 Å². The highest BCUT2D eigenvalue weighted by atomic mass is 16.5. The van der Waals surface area contributed by atoms with Crippen molar-refractivity contribution in [2.75, 3.05) is 9.80 Å². The van der Waals surface area contributed by atoms with Gasteiger partial charge in [0, 0.05) is 34.2 Å². The number of rotatable bonds is 7. The van der Waals surface area contributed by atoms with Crippen LogP contribution in [-0.4, -0.2) is 0 Å². The molecule has 9 aromatic rings. The fourth-order valence-corrected chi connectivity index (χ4v) is 13.7. The summed E-state index contributed by atoms with van der Waals surface area (Å²) in [5, 5.41) is 0. The first-order chi connectivity index (χ1) is 33.2. The average molecular weight is 863 g/mol. The number of nitrogens with zero attached hydrogens (tertiary/aromatic N) is 2. The van der Waals surface area contributed by atoms with E-state index in [0.29, 0.717) is 11.8 Å². The van der Waals surface area contributed by atoms with Gasteiger partial charge in [0.2, 0.25) is 0 Å². The molecule has 4 saturated carbocycles. The number of fused-ring (bicyclic) bond motifs is 5. The van der Waals surface area contributed by atoms with Crippen LogP contribution >= 0.6 is 0 Å². The Bertz CT molecular complexity index is 3210. The van der Waals surface area contributed by atoms with Gasteiger partial charge in [-0.3, -0.25) is 0 Å². The normalized spacial score (nSPS) is 21.3. The van der Waals surface area contributed by atoms with Gasteiger partial charge in [0.05, 0.1) is 11.4 Å². The second kappa shape index (κ2) is 15.2. The standard InChI is InChI=1S/C64H50N2O/c1-4-13-44(14-5-1)46-23-28-52(29-24-46)65(53-30-25-47(26-31-53)45-15-6-2-7-16-45)54-32-33-59-62(41-54)67-61-34-27-48(40-60(61)66(59)51-17-8-3-9-18-51)55-20-12-21-57-56-19-10-11-22-58(56)64(63(55)57)49-36-42-35-43(38-49)39-50(64)37-42/h1-34,40-43,49-50H,35-39H2. The van der Waals surface area contributed by atoms with Crippen molar-refractivity contribution in [2.45, 2.75) is 37.5 Å². The van der Waals surface area contributed by atoms with Crippen LogP contribution in [0.2, 0.25) is 0 Å². The van der Waals surface area contributed by atoms with E-state index in [2.05, 4.69) is 228 Å². The molecule has 0 unspecified atom stereocenters. The van der Waals surface area contributed by atoms with Crippen LogP contribution in [0.4, 0.5) is 34.1 Å². The summed E-state index contributed by atoms with van der Waals surface area (Å²) in [6.45, 7) is 0. The predicted molar refractivity (Wildman–Crippen MR) is 275 cm³/mol. The first-order valence-corrected chi connectivity index (χ1v) is 24.3. The SMILES string of the molecule is c1ccc(-c2ccc(N(c3ccc(-c4ccccc4)cc3)c3ccc4c(c3)Oc3ccc(-c5cccc6c5C5(c7ccccc7-6)C6CC7CC(C6)CC5C7)cc3N4c3ccccc3)cc2)cc1. The van der Waals surface area contributed by atoms with Crippen LogP contribution in [0.3, 0.4) is 0 Å². The predicted octanol–water partition coefficient (Wildman–Crippen LogP) is 17.5. The molecule has 4 bridgehead atoms. The zero-order chi connectivity index (χ0) is 44.1. The first-order valence-electron chi connectivity index (χ1n) is 24.3. The summed E-state index contributed by atoms with van der Waals surface area (Å²) < 4.78 is 7.10. The summed E-state index contributed by atoms with van der Waals surface area (Å²) in [5.74, 6) is 4.84. The van der Waals surface area contributed by atoms with Crippen molar-refractivity contribution in [3.63, 3.8) is 0 Å². The van der Waals surface area contributed by atoms with Crippen molar-refractivity contribution >= 4 is 34.1 Å².